The van der Waals surface area contributed by atoms with Crippen molar-refractivity contribution in [1.82, 2.24) is 0 Å². The molecule has 1 heterocycles. The average molecular weight is 200 g/mol. The van der Waals surface area contributed by atoms with Gasteiger partial charge in [-0.15, -0.1) is 0 Å². The third-order valence-corrected chi connectivity index (χ3v) is 2.56. The largest absolute Gasteiger partial charge is 0.466 e. The first-order valence-corrected chi connectivity index (χ1v) is 5.33. The lowest BCUT2D eigenvalue weighted by molar-refractivity contribution is -0.146. The Labute approximate surface area is 85.8 Å². The molecule has 0 saturated carbocycles. The van der Waals surface area contributed by atoms with Crippen molar-refractivity contribution in [3.05, 3.63) is 0 Å². The van der Waals surface area contributed by atoms with Crippen LogP contribution in [0.5, 0.6) is 0 Å². The highest BCUT2D eigenvalue weighted by atomic mass is 16.5. The van der Waals surface area contributed by atoms with Crippen molar-refractivity contribution in [1.29, 1.82) is 0 Å². The second-order valence-corrected chi connectivity index (χ2v) is 4.48. The summed E-state index contributed by atoms with van der Waals surface area (Å²) in [4.78, 5) is 11.3. The molecule has 1 fully saturated rings. The zero-order valence-electron chi connectivity index (χ0n) is 9.34. The number of carbonyl (C=O) groups excluding carboxylic acids is 1. The maximum absolute atomic E-state index is 11.3. The van der Waals surface area contributed by atoms with E-state index >= 15 is 0 Å². The molecule has 0 N–H and O–H groups in total. The Morgan fingerprint density at radius 1 is 1.57 bits per heavy atom. The Bertz CT molecular complexity index is 199. The fourth-order valence-electron chi connectivity index (χ4n) is 1.99. The van der Waals surface area contributed by atoms with Gasteiger partial charge in [0.05, 0.1) is 12.2 Å². The molecule has 1 unspecified atom stereocenters. The van der Waals surface area contributed by atoms with Crippen LogP contribution in [0.15, 0.2) is 0 Å². The molecule has 0 aromatic rings. The van der Waals surface area contributed by atoms with Gasteiger partial charge in [-0.3, -0.25) is 4.79 Å². The van der Waals surface area contributed by atoms with Gasteiger partial charge in [0, 0.05) is 13.0 Å². The van der Waals surface area contributed by atoms with Crippen LogP contribution in [-0.2, 0) is 14.3 Å². The molecule has 0 aromatic carbocycles. The van der Waals surface area contributed by atoms with Crippen molar-refractivity contribution in [2.45, 2.75) is 45.6 Å². The smallest absolute Gasteiger partial charge is 0.306 e. The predicted molar refractivity (Wildman–Crippen MR) is 54.0 cm³/mol. The minimum Gasteiger partial charge on any atom is -0.466 e. The van der Waals surface area contributed by atoms with Gasteiger partial charge in [-0.1, -0.05) is 0 Å². The number of ether oxygens (including phenoxy) is 2. The van der Waals surface area contributed by atoms with E-state index in [1.165, 1.54) is 0 Å². The SMILES string of the molecule is CCOC(=O)CC1CCOC(C)(C)C1. The fraction of sp³-hybridized carbons (Fsp3) is 0.909. The Hall–Kier alpha value is -0.570. The van der Waals surface area contributed by atoms with Crippen LogP contribution in [-0.4, -0.2) is 24.8 Å². The Morgan fingerprint density at radius 2 is 2.29 bits per heavy atom. The van der Waals surface area contributed by atoms with Crippen LogP contribution in [0.3, 0.4) is 0 Å². The monoisotopic (exact) mass is 200 g/mol. The second-order valence-electron chi connectivity index (χ2n) is 4.48. The van der Waals surface area contributed by atoms with Crippen molar-refractivity contribution < 1.29 is 14.3 Å². The third-order valence-electron chi connectivity index (χ3n) is 2.56. The Balaban J connectivity index is 2.34. The van der Waals surface area contributed by atoms with E-state index in [0.717, 1.165) is 19.4 Å². The highest BCUT2D eigenvalue weighted by Crippen LogP contribution is 2.30. The average Bonchev–Trinajstić information content (AvgIpc) is 2.02. The lowest BCUT2D eigenvalue weighted by atomic mass is 9.86. The summed E-state index contributed by atoms with van der Waals surface area (Å²) in [5, 5.41) is 0. The van der Waals surface area contributed by atoms with E-state index in [9.17, 15) is 4.79 Å². The standard InChI is InChI=1S/C11H20O3/c1-4-13-10(12)7-9-5-6-14-11(2,3)8-9/h9H,4-8H2,1-3H3. The van der Waals surface area contributed by atoms with Crippen LogP contribution < -0.4 is 0 Å². The summed E-state index contributed by atoms with van der Waals surface area (Å²) in [7, 11) is 0. The molecule has 1 saturated heterocycles. The molecule has 0 aromatic heterocycles. The lowest BCUT2D eigenvalue weighted by Crippen LogP contribution is -2.34. The van der Waals surface area contributed by atoms with Gasteiger partial charge < -0.3 is 9.47 Å². The van der Waals surface area contributed by atoms with Crippen LogP contribution in [0.25, 0.3) is 0 Å². The number of hydrogen-bond donors (Lipinski definition) is 0. The summed E-state index contributed by atoms with van der Waals surface area (Å²) in [6, 6.07) is 0. The van der Waals surface area contributed by atoms with Crippen LogP contribution in [0.2, 0.25) is 0 Å². The molecule has 1 rings (SSSR count). The van der Waals surface area contributed by atoms with Gasteiger partial charge in [-0.25, -0.2) is 0 Å². The van der Waals surface area contributed by atoms with Crippen molar-refractivity contribution in [3.63, 3.8) is 0 Å². The first-order chi connectivity index (χ1) is 6.53. The molecular weight excluding hydrogens is 180 g/mol. The summed E-state index contributed by atoms with van der Waals surface area (Å²) in [5.41, 5.74) is -0.0740. The molecule has 0 radical (unpaired) electrons. The van der Waals surface area contributed by atoms with Gasteiger partial charge in [0.15, 0.2) is 0 Å². The van der Waals surface area contributed by atoms with Gasteiger partial charge in [0.1, 0.15) is 0 Å². The lowest BCUT2D eigenvalue weighted by Gasteiger charge is -2.35. The van der Waals surface area contributed by atoms with Gasteiger partial charge in [0.25, 0.3) is 0 Å². The highest BCUT2D eigenvalue weighted by molar-refractivity contribution is 5.69. The van der Waals surface area contributed by atoms with Gasteiger partial charge in [-0.2, -0.15) is 0 Å². The molecular formula is C11H20O3. The fourth-order valence-corrected chi connectivity index (χ4v) is 1.99. The van der Waals surface area contributed by atoms with Crippen LogP contribution >= 0.6 is 0 Å². The van der Waals surface area contributed by atoms with E-state index in [4.69, 9.17) is 9.47 Å². The van der Waals surface area contributed by atoms with Crippen LogP contribution in [0.4, 0.5) is 0 Å². The van der Waals surface area contributed by atoms with E-state index in [2.05, 4.69) is 13.8 Å². The quantitative estimate of drug-likeness (QED) is 0.655. The summed E-state index contributed by atoms with van der Waals surface area (Å²) >= 11 is 0. The molecule has 3 nitrogen and oxygen atoms in total. The molecule has 14 heavy (non-hydrogen) atoms. The molecule has 0 amide bonds. The molecule has 3 heteroatoms. The number of carbonyl (C=O) groups is 1. The zero-order valence-corrected chi connectivity index (χ0v) is 9.34. The van der Waals surface area contributed by atoms with Gasteiger partial charge >= 0.3 is 5.97 Å². The van der Waals surface area contributed by atoms with Crippen molar-refractivity contribution in [3.8, 4) is 0 Å². The number of esters is 1. The first-order valence-electron chi connectivity index (χ1n) is 5.33. The van der Waals surface area contributed by atoms with Gasteiger partial charge in [0.2, 0.25) is 0 Å². The highest BCUT2D eigenvalue weighted by Gasteiger charge is 2.30. The molecule has 0 aliphatic carbocycles. The van der Waals surface area contributed by atoms with Gasteiger partial charge in [-0.05, 0) is 39.5 Å². The Kier molecular flexibility index (Phi) is 3.93. The van der Waals surface area contributed by atoms with E-state index in [0.29, 0.717) is 18.9 Å². The molecule has 1 atom stereocenters. The molecule has 0 bridgehead atoms. The van der Waals surface area contributed by atoms with E-state index in [1.54, 1.807) is 0 Å². The molecule has 1 aliphatic rings. The minimum absolute atomic E-state index is 0.0739. The second kappa shape index (κ2) is 4.78. The molecule has 82 valence electrons. The van der Waals surface area contributed by atoms with E-state index in [-0.39, 0.29) is 11.6 Å². The summed E-state index contributed by atoms with van der Waals surface area (Å²) < 4.78 is 10.5. The third kappa shape index (κ3) is 3.66. The molecule has 1 aliphatic heterocycles. The topological polar surface area (TPSA) is 35.5 Å². The van der Waals surface area contributed by atoms with Crippen LogP contribution in [0.1, 0.15) is 40.0 Å². The first kappa shape index (κ1) is 11.5. The normalized spacial score (nSPS) is 25.8. The van der Waals surface area contributed by atoms with Crippen molar-refractivity contribution >= 4 is 5.97 Å². The molecule has 0 spiro atoms. The van der Waals surface area contributed by atoms with E-state index in [1.807, 2.05) is 6.92 Å². The van der Waals surface area contributed by atoms with Crippen molar-refractivity contribution in [2.75, 3.05) is 13.2 Å². The summed E-state index contributed by atoms with van der Waals surface area (Å²) in [6.07, 6.45) is 2.47. The Morgan fingerprint density at radius 3 is 2.86 bits per heavy atom. The van der Waals surface area contributed by atoms with Crippen LogP contribution in [0, 0.1) is 5.92 Å². The zero-order chi connectivity index (χ0) is 10.6. The maximum atomic E-state index is 11.3. The summed E-state index contributed by atoms with van der Waals surface area (Å²) in [5.74, 6) is 0.355. The number of rotatable bonds is 3. The van der Waals surface area contributed by atoms with E-state index < -0.39 is 0 Å². The summed E-state index contributed by atoms with van der Waals surface area (Å²) in [6.45, 7) is 7.23. The number of hydrogen-bond acceptors (Lipinski definition) is 3. The van der Waals surface area contributed by atoms with Crippen molar-refractivity contribution in [2.24, 2.45) is 5.92 Å². The predicted octanol–water partition coefficient (Wildman–Crippen LogP) is 2.14. The minimum atomic E-state index is -0.0740. The maximum Gasteiger partial charge on any atom is 0.306 e.